The Morgan fingerprint density at radius 1 is 0.600 bits per heavy atom. The van der Waals surface area contributed by atoms with Crippen LogP contribution in [0.5, 0.6) is 0 Å². The zero-order chi connectivity index (χ0) is 22.7. The summed E-state index contributed by atoms with van der Waals surface area (Å²) >= 11 is 1.61. The maximum absolute atomic E-state index is 5.08. The topological polar surface area (TPSA) is 47.5 Å². The molecule has 2 heterocycles. The monoisotopic (exact) mass is 537 g/mol. The molecule has 0 atom stereocenters. The Hall–Kier alpha value is -3.94. The fraction of sp³-hybridized carbons (Fsp3) is 0. The molecule has 0 aliphatic carbocycles. The van der Waals surface area contributed by atoms with Gasteiger partial charge in [0.1, 0.15) is 5.69 Å². The lowest BCUT2D eigenvalue weighted by atomic mass is 10.1. The highest BCUT2D eigenvalue weighted by Gasteiger charge is 2.27. The number of aromatic nitrogens is 5. The van der Waals surface area contributed by atoms with Crippen molar-refractivity contribution in [3.63, 3.8) is 0 Å². The van der Waals surface area contributed by atoms with Gasteiger partial charge in [-0.3, -0.25) is 0 Å². The lowest BCUT2D eigenvalue weighted by molar-refractivity contribution is -0.734. The molecule has 0 saturated carbocycles. The van der Waals surface area contributed by atoms with Crippen LogP contribution in [-0.2, 0) is 0 Å². The highest BCUT2D eigenvalue weighted by molar-refractivity contribution is 7.17. The Kier molecular flexibility index (Phi) is 6.61. The number of halogens is 1. The van der Waals surface area contributed by atoms with Crippen LogP contribution in [0.3, 0.4) is 0 Å². The molecule has 6 aromatic rings. The second-order valence-electron chi connectivity index (χ2n) is 7.71. The van der Waals surface area contributed by atoms with Gasteiger partial charge in [0.15, 0.2) is 5.69 Å². The molecule has 0 fully saturated rings. The van der Waals surface area contributed by atoms with Crippen LogP contribution in [0.2, 0.25) is 0 Å². The van der Waals surface area contributed by atoms with Gasteiger partial charge < -0.3 is 17.0 Å². The summed E-state index contributed by atoms with van der Waals surface area (Å²) < 4.78 is 0. The minimum absolute atomic E-state index is 0. The number of benzene rings is 4. The summed E-state index contributed by atoms with van der Waals surface area (Å²) in [6.07, 6.45) is 0. The SMILES string of the molecule is [Br-].c1ccc(-c2nn(-c3ccccc3)[n+](-c3nc(-c4ccccc4)c(-c4ccccc4)s3)n2)cc1. The highest BCUT2D eigenvalue weighted by atomic mass is 79.9. The Labute approximate surface area is 217 Å². The zero-order valence-corrected chi connectivity index (χ0v) is 21.0. The van der Waals surface area contributed by atoms with Gasteiger partial charge in [-0.05, 0) is 44.5 Å². The average molecular weight is 538 g/mol. The van der Waals surface area contributed by atoms with Crippen molar-refractivity contribution in [2.75, 3.05) is 0 Å². The van der Waals surface area contributed by atoms with Crippen LogP contribution in [-0.4, -0.2) is 20.0 Å². The predicted molar refractivity (Wildman–Crippen MR) is 135 cm³/mol. The van der Waals surface area contributed by atoms with Crippen LogP contribution >= 0.6 is 11.3 Å². The summed E-state index contributed by atoms with van der Waals surface area (Å²) in [6, 6.07) is 40.7. The molecule has 0 saturated heterocycles. The quantitative estimate of drug-likeness (QED) is 0.317. The second-order valence-corrected chi connectivity index (χ2v) is 8.69. The van der Waals surface area contributed by atoms with E-state index < -0.39 is 0 Å². The van der Waals surface area contributed by atoms with Crippen molar-refractivity contribution in [3.05, 3.63) is 121 Å². The lowest BCUT2D eigenvalue weighted by Gasteiger charge is -1.99. The standard InChI is InChI=1S/C28H20N5S.BrH/c1-5-13-21(14-6-1)25-26(22-15-7-2-8-16-22)34-28(29-25)33-31-27(23-17-9-3-10-18-23)30-32(33)24-19-11-4-12-20-24;/h1-20H;1H/q+1;/p-1. The number of nitrogens with zero attached hydrogens (tertiary/aromatic N) is 5. The number of para-hydroxylation sites is 1. The molecule has 2 aromatic heterocycles. The molecule has 0 unspecified atom stereocenters. The number of hydrogen-bond acceptors (Lipinski definition) is 4. The van der Waals surface area contributed by atoms with E-state index in [-0.39, 0.29) is 17.0 Å². The van der Waals surface area contributed by atoms with Crippen LogP contribution in [0.25, 0.3) is 43.9 Å². The number of rotatable bonds is 5. The molecule has 0 bridgehead atoms. The summed E-state index contributed by atoms with van der Waals surface area (Å²) in [5.74, 6) is 0.641. The van der Waals surface area contributed by atoms with Gasteiger partial charge in [0.05, 0.1) is 4.88 Å². The lowest BCUT2D eigenvalue weighted by Crippen LogP contribution is -3.00. The molecule has 4 aromatic carbocycles. The normalized spacial score (nSPS) is 10.6. The summed E-state index contributed by atoms with van der Waals surface area (Å²) in [5.41, 5.74) is 4.99. The molecule has 0 radical (unpaired) electrons. The Morgan fingerprint density at radius 3 is 1.71 bits per heavy atom. The number of tetrazole rings is 1. The van der Waals surface area contributed by atoms with Crippen molar-refractivity contribution in [1.82, 2.24) is 20.0 Å². The van der Waals surface area contributed by atoms with E-state index >= 15 is 0 Å². The van der Waals surface area contributed by atoms with Crippen molar-refractivity contribution in [2.24, 2.45) is 0 Å². The molecule has 0 amide bonds. The molecular weight excluding hydrogens is 518 g/mol. The van der Waals surface area contributed by atoms with E-state index in [9.17, 15) is 0 Å². The van der Waals surface area contributed by atoms with E-state index in [2.05, 4.69) is 36.4 Å². The molecule has 0 aliphatic rings. The Morgan fingerprint density at radius 2 is 1.11 bits per heavy atom. The predicted octanol–water partition coefficient (Wildman–Crippen LogP) is 3.01. The molecule has 170 valence electrons. The van der Waals surface area contributed by atoms with Gasteiger partial charge in [0, 0.05) is 16.2 Å². The van der Waals surface area contributed by atoms with E-state index in [1.54, 1.807) is 16.1 Å². The first kappa shape index (κ1) is 22.8. The maximum Gasteiger partial charge on any atom is 0.365 e. The van der Waals surface area contributed by atoms with Crippen molar-refractivity contribution >= 4 is 11.3 Å². The van der Waals surface area contributed by atoms with Gasteiger partial charge in [0.2, 0.25) is 0 Å². The van der Waals surface area contributed by atoms with E-state index in [1.807, 2.05) is 89.7 Å². The van der Waals surface area contributed by atoms with Gasteiger partial charge in [0.25, 0.3) is 5.82 Å². The largest absolute Gasteiger partial charge is 1.00 e. The van der Waals surface area contributed by atoms with E-state index in [1.165, 1.54) is 0 Å². The molecule has 5 nitrogen and oxygen atoms in total. The van der Waals surface area contributed by atoms with Gasteiger partial charge in [-0.2, -0.15) is 0 Å². The average Bonchev–Trinajstić information content (AvgIpc) is 3.56. The van der Waals surface area contributed by atoms with Crippen molar-refractivity contribution < 1.29 is 21.8 Å². The number of hydrogen-bond donors (Lipinski definition) is 0. The fourth-order valence-electron chi connectivity index (χ4n) is 3.81. The highest BCUT2D eigenvalue weighted by Crippen LogP contribution is 2.36. The van der Waals surface area contributed by atoms with Crippen molar-refractivity contribution in [2.45, 2.75) is 0 Å². The maximum atomic E-state index is 5.08. The fourth-order valence-corrected chi connectivity index (χ4v) is 4.84. The summed E-state index contributed by atoms with van der Waals surface area (Å²) in [5, 5.41) is 10.5. The third-order valence-corrected chi connectivity index (χ3v) is 6.52. The van der Waals surface area contributed by atoms with E-state index in [4.69, 9.17) is 15.2 Å². The third kappa shape index (κ3) is 4.56. The zero-order valence-electron chi connectivity index (χ0n) is 18.6. The summed E-state index contributed by atoms with van der Waals surface area (Å²) in [6.45, 7) is 0. The van der Waals surface area contributed by atoms with Crippen LogP contribution in [0.1, 0.15) is 0 Å². The second kappa shape index (κ2) is 10.1. The Bertz CT molecular complexity index is 1480. The number of thiazole rings is 1. The first-order valence-electron chi connectivity index (χ1n) is 11.0. The first-order chi connectivity index (χ1) is 16.9. The third-order valence-electron chi connectivity index (χ3n) is 5.45. The smallest absolute Gasteiger partial charge is 0.365 e. The molecule has 6 rings (SSSR count). The molecule has 35 heavy (non-hydrogen) atoms. The summed E-state index contributed by atoms with van der Waals surface area (Å²) in [7, 11) is 0. The first-order valence-corrected chi connectivity index (χ1v) is 11.8. The van der Waals surface area contributed by atoms with Gasteiger partial charge >= 0.3 is 5.13 Å². The van der Waals surface area contributed by atoms with Gasteiger partial charge in [-0.25, -0.2) is 0 Å². The molecule has 0 spiro atoms. The van der Waals surface area contributed by atoms with E-state index in [0.717, 1.165) is 38.1 Å². The molecule has 0 N–H and O–H groups in total. The van der Waals surface area contributed by atoms with Crippen LogP contribution < -0.4 is 21.8 Å². The molecule has 7 heteroatoms. The molecular formula is C28H20BrN5S. The van der Waals surface area contributed by atoms with Crippen LogP contribution in [0.4, 0.5) is 0 Å². The van der Waals surface area contributed by atoms with Crippen molar-refractivity contribution in [1.29, 1.82) is 0 Å². The minimum atomic E-state index is 0. The van der Waals surface area contributed by atoms with Gasteiger partial charge in [-0.1, -0.05) is 113 Å². The van der Waals surface area contributed by atoms with Crippen LogP contribution in [0, 0.1) is 0 Å². The van der Waals surface area contributed by atoms with Crippen molar-refractivity contribution in [3.8, 4) is 43.9 Å². The Balaban J connectivity index is 0.00000253. The minimum Gasteiger partial charge on any atom is -1.00 e. The summed E-state index contributed by atoms with van der Waals surface area (Å²) in [4.78, 5) is 9.78. The van der Waals surface area contributed by atoms with E-state index in [0.29, 0.717) is 5.82 Å². The molecule has 0 aliphatic heterocycles. The van der Waals surface area contributed by atoms with Crippen LogP contribution in [0.15, 0.2) is 121 Å². The van der Waals surface area contributed by atoms with Gasteiger partial charge in [-0.15, -0.1) is 0 Å².